The van der Waals surface area contributed by atoms with Crippen LogP contribution < -0.4 is 10.6 Å². The Bertz CT molecular complexity index is 581. The summed E-state index contributed by atoms with van der Waals surface area (Å²) in [6.07, 6.45) is 0. The molecule has 0 radical (unpaired) electrons. The fraction of sp³-hybridized carbons (Fsp3) is 0.0714. The van der Waals surface area contributed by atoms with Crippen molar-refractivity contribution in [3.63, 3.8) is 0 Å². The first kappa shape index (κ1) is 12.1. The second kappa shape index (κ2) is 4.87. The number of nitrogens with one attached hydrogen (secondary N) is 1. The summed E-state index contributed by atoms with van der Waals surface area (Å²) < 4.78 is 13.2. The zero-order valence-corrected chi connectivity index (χ0v) is 10.0. The van der Waals surface area contributed by atoms with Gasteiger partial charge in [0.1, 0.15) is 11.7 Å². The van der Waals surface area contributed by atoms with Crippen molar-refractivity contribution < 1.29 is 4.39 Å². The third kappa shape index (κ3) is 2.32. The number of halogens is 1. The zero-order valence-electron chi connectivity index (χ0n) is 10.0. The van der Waals surface area contributed by atoms with Gasteiger partial charge in [-0.15, -0.1) is 0 Å². The molecule has 2 aromatic carbocycles. The molecule has 0 saturated heterocycles. The summed E-state index contributed by atoms with van der Waals surface area (Å²) in [6.45, 7) is 0. The van der Waals surface area contributed by atoms with E-state index in [0.717, 1.165) is 5.69 Å². The van der Waals surface area contributed by atoms with Crippen molar-refractivity contribution in [3.05, 3.63) is 59.9 Å². The van der Waals surface area contributed by atoms with Gasteiger partial charge in [-0.05, 0) is 30.3 Å². The van der Waals surface area contributed by atoms with E-state index in [1.54, 1.807) is 23.1 Å². The number of anilines is 2. The van der Waals surface area contributed by atoms with Crippen LogP contribution in [0.15, 0.2) is 48.5 Å². The van der Waals surface area contributed by atoms with Crippen LogP contribution in [0.3, 0.4) is 0 Å². The Morgan fingerprint density at radius 3 is 2.56 bits per heavy atom. The van der Waals surface area contributed by atoms with Crippen LogP contribution in [0.25, 0.3) is 0 Å². The minimum atomic E-state index is -0.292. The summed E-state index contributed by atoms with van der Waals surface area (Å²) in [5.74, 6) is -0.298. The average Bonchev–Trinajstić information content (AvgIpc) is 2.38. The van der Waals surface area contributed by atoms with E-state index in [2.05, 4.69) is 0 Å². The molecule has 0 atom stereocenters. The fourth-order valence-electron chi connectivity index (χ4n) is 1.82. The minimum Gasteiger partial charge on any atom is -0.384 e. The van der Waals surface area contributed by atoms with Gasteiger partial charge in [-0.3, -0.25) is 5.41 Å². The first-order valence-corrected chi connectivity index (χ1v) is 5.52. The normalized spacial score (nSPS) is 10.1. The van der Waals surface area contributed by atoms with Crippen molar-refractivity contribution in [2.45, 2.75) is 0 Å². The van der Waals surface area contributed by atoms with Crippen LogP contribution in [0.4, 0.5) is 15.8 Å². The van der Waals surface area contributed by atoms with Crippen molar-refractivity contribution in [1.29, 1.82) is 5.41 Å². The van der Waals surface area contributed by atoms with Crippen LogP contribution >= 0.6 is 0 Å². The summed E-state index contributed by atoms with van der Waals surface area (Å²) in [6, 6.07) is 13.6. The number of amidine groups is 1. The fourth-order valence-corrected chi connectivity index (χ4v) is 1.82. The molecule has 2 aromatic rings. The Balaban J connectivity index is 2.46. The first-order valence-electron chi connectivity index (χ1n) is 5.52. The molecule has 3 N–H and O–H groups in total. The summed E-state index contributed by atoms with van der Waals surface area (Å²) in [5, 5.41) is 7.55. The van der Waals surface area contributed by atoms with Crippen LogP contribution in [0, 0.1) is 11.2 Å². The quantitative estimate of drug-likeness (QED) is 0.643. The summed E-state index contributed by atoms with van der Waals surface area (Å²) in [7, 11) is 1.82. The number of nitrogens with two attached hydrogens (primary N) is 1. The number of para-hydroxylation sites is 1. The van der Waals surface area contributed by atoms with Crippen LogP contribution in [0.1, 0.15) is 5.56 Å². The molecule has 4 heteroatoms. The van der Waals surface area contributed by atoms with E-state index in [9.17, 15) is 4.39 Å². The molecule has 92 valence electrons. The third-order valence-electron chi connectivity index (χ3n) is 2.75. The molecule has 0 aliphatic rings. The molecule has 0 unspecified atom stereocenters. The van der Waals surface area contributed by atoms with Crippen molar-refractivity contribution in [2.75, 3.05) is 11.9 Å². The summed E-state index contributed by atoms with van der Waals surface area (Å²) in [5.41, 5.74) is 7.66. The van der Waals surface area contributed by atoms with Gasteiger partial charge in [0.05, 0.1) is 5.69 Å². The standard InChI is InChI=1S/C14H14FN3/c1-18(11-6-4-5-10(15)9-11)13-8-3-2-7-12(13)14(16)17/h2-9H,1H3,(H3,16,17). The number of hydrogen-bond acceptors (Lipinski definition) is 2. The highest BCUT2D eigenvalue weighted by Crippen LogP contribution is 2.26. The zero-order chi connectivity index (χ0) is 13.1. The van der Waals surface area contributed by atoms with Crippen molar-refractivity contribution in [3.8, 4) is 0 Å². The van der Waals surface area contributed by atoms with E-state index < -0.39 is 0 Å². The van der Waals surface area contributed by atoms with Crippen LogP contribution in [-0.2, 0) is 0 Å². The van der Waals surface area contributed by atoms with Crippen molar-refractivity contribution in [2.24, 2.45) is 5.73 Å². The van der Waals surface area contributed by atoms with E-state index in [1.165, 1.54) is 12.1 Å². The van der Waals surface area contributed by atoms with Gasteiger partial charge in [0.15, 0.2) is 0 Å². The second-order valence-electron chi connectivity index (χ2n) is 3.97. The first-order chi connectivity index (χ1) is 8.59. The lowest BCUT2D eigenvalue weighted by atomic mass is 10.1. The molecule has 0 spiro atoms. The van der Waals surface area contributed by atoms with Crippen molar-refractivity contribution in [1.82, 2.24) is 0 Å². The van der Waals surface area contributed by atoms with Gasteiger partial charge >= 0.3 is 0 Å². The number of hydrogen-bond donors (Lipinski definition) is 2. The summed E-state index contributed by atoms with van der Waals surface area (Å²) >= 11 is 0. The monoisotopic (exact) mass is 243 g/mol. The lowest BCUT2D eigenvalue weighted by molar-refractivity contribution is 0.628. The van der Waals surface area contributed by atoms with Gasteiger partial charge in [-0.25, -0.2) is 4.39 Å². The number of nitrogens with zero attached hydrogens (tertiary/aromatic N) is 1. The molecule has 0 saturated carbocycles. The SMILES string of the molecule is CN(c1cccc(F)c1)c1ccccc1C(=N)N. The summed E-state index contributed by atoms with van der Waals surface area (Å²) in [4.78, 5) is 1.81. The van der Waals surface area contributed by atoms with Crippen LogP contribution in [0.5, 0.6) is 0 Å². The molecule has 0 heterocycles. The average molecular weight is 243 g/mol. The number of nitrogen functional groups attached to an aromatic ring is 1. The maximum Gasteiger partial charge on any atom is 0.125 e. The molecule has 0 fully saturated rings. The van der Waals surface area contributed by atoms with Gasteiger partial charge in [-0.1, -0.05) is 18.2 Å². The predicted octanol–water partition coefficient (Wildman–Crippen LogP) is 2.88. The highest BCUT2D eigenvalue weighted by molar-refractivity contribution is 6.01. The van der Waals surface area contributed by atoms with Crippen LogP contribution in [0.2, 0.25) is 0 Å². The Morgan fingerprint density at radius 2 is 1.89 bits per heavy atom. The Morgan fingerprint density at radius 1 is 1.17 bits per heavy atom. The molecule has 2 rings (SSSR count). The Hall–Kier alpha value is -2.36. The van der Waals surface area contributed by atoms with Gasteiger partial charge in [0, 0.05) is 18.3 Å². The maximum atomic E-state index is 13.2. The highest BCUT2D eigenvalue weighted by atomic mass is 19.1. The van der Waals surface area contributed by atoms with Gasteiger partial charge in [-0.2, -0.15) is 0 Å². The minimum absolute atomic E-state index is 0.00569. The lowest BCUT2D eigenvalue weighted by Gasteiger charge is -2.22. The van der Waals surface area contributed by atoms with Gasteiger partial charge < -0.3 is 10.6 Å². The molecule has 0 amide bonds. The third-order valence-corrected chi connectivity index (χ3v) is 2.75. The molecule has 0 aliphatic carbocycles. The van der Waals surface area contributed by atoms with Gasteiger partial charge in [0.25, 0.3) is 0 Å². The van der Waals surface area contributed by atoms with E-state index in [0.29, 0.717) is 11.3 Å². The molecule has 0 aliphatic heterocycles. The van der Waals surface area contributed by atoms with Crippen molar-refractivity contribution >= 4 is 17.2 Å². The maximum absolute atomic E-state index is 13.2. The van der Waals surface area contributed by atoms with E-state index in [4.69, 9.17) is 11.1 Å². The molecule has 0 bridgehead atoms. The van der Waals surface area contributed by atoms with Crippen LogP contribution in [-0.4, -0.2) is 12.9 Å². The smallest absolute Gasteiger partial charge is 0.125 e. The molecular weight excluding hydrogens is 229 g/mol. The Kier molecular flexibility index (Phi) is 3.28. The van der Waals surface area contributed by atoms with E-state index >= 15 is 0 Å². The number of rotatable bonds is 3. The largest absolute Gasteiger partial charge is 0.384 e. The molecular formula is C14H14FN3. The topological polar surface area (TPSA) is 53.1 Å². The second-order valence-corrected chi connectivity index (χ2v) is 3.97. The lowest BCUT2D eigenvalue weighted by Crippen LogP contribution is -2.18. The molecule has 18 heavy (non-hydrogen) atoms. The predicted molar refractivity (Wildman–Crippen MR) is 71.9 cm³/mol. The van der Waals surface area contributed by atoms with E-state index in [-0.39, 0.29) is 11.7 Å². The molecule has 0 aromatic heterocycles. The number of benzene rings is 2. The Labute approximate surface area is 105 Å². The highest BCUT2D eigenvalue weighted by Gasteiger charge is 2.10. The van der Waals surface area contributed by atoms with Gasteiger partial charge in [0.2, 0.25) is 0 Å². The molecule has 3 nitrogen and oxygen atoms in total. The van der Waals surface area contributed by atoms with E-state index in [1.807, 2.05) is 25.2 Å².